The van der Waals surface area contributed by atoms with Crippen molar-refractivity contribution in [3.05, 3.63) is 34.9 Å². The molecule has 0 amide bonds. The van der Waals surface area contributed by atoms with Crippen LogP contribution in [0.5, 0.6) is 0 Å². The molecule has 0 unspecified atom stereocenters. The maximum atomic E-state index is 14.0. The first kappa shape index (κ1) is 11.5. The molecule has 0 spiro atoms. The Morgan fingerprint density at radius 3 is 2.44 bits per heavy atom. The minimum absolute atomic E-state index is 0.0623. The number of hydrogen-bond donors (Lipinski definition) is 1. The van der Waals surface area contributed by atoms with Crippen molar-refractivity contribution >= 4 is 0 Å². The Bertz CT molecular complexity index is 409. The lowest BCUT2D eigenvalue weighted by molar-refractivity contribution is 0.518. The van der Waals surface area contributed by atoms with Gasteiger partial charge in [0.2, 0.25) is 0 Å². The van der Waals surface area contributed by atoms with Gasteiger partial charge in [-0.15, -0.1) is 0 Å². The van der Waals surface area contributed by atoms with E-state index in [-0.39, 0.29) is 17.0 Å². The van der Waals surface area contributed by atoms with Crippen LogP contribution in [0.4, 0.5) is 8.78 Å². The fourth-order valence-electron chi connectivity index (χ4n) is 1.91. The first-order valence-electron chi connectivity index (χ1n) is 5.68. The van der Waals surface area contributed by atoms with Gasteiger partial charge in [0.05, 0.1) is 0 Å². The highest BCUT2D eigenvalue weighted by atomic mass is 19.1. The lowest BCUT2D eigenvalue weighted by atomic mass is 9.95. The maximum Gasteiger partial charge on any atom is 0.132 e. The standard InChI is InChI=1S/C13H17F2N/c1-8(2)9-3-4-11(14)10(12(9)15)7-13(16)5-6-13/h3-4,8H,5-7,16H2,1-2H3. The van der Waals surface area contributed by atoms with Crippen LogP contribution in [0.2, 0.25) is 0 Å². The van der Waals surface area contributed by atoms with Crippen molar-refractivity contribution in [3.8, 4) is 0 Å². The van der Waals surface area contributed by atoms with Crippen LogP contribution in [0.25, 0.3) is 0 Å². The van der Waals surface area contributed by atoms with E-state index in [0.29, 0.717) is 12.0 Å². The molecular formula is C13H17F2N. The molecule has 0 aromatic heterocycles. The Hall–Kier alpha value is -0.960. The van der Waals surface area contributed by atoms with E-state index in [1.807, 2.05) is 13.8 Å². The van der Waals surface area contributed by atoms with Crippen molar-refractivity contribution < 1.29 is 8.78 Å². The summed E-state index contributed by atoms with van der Waals surface area (Å²) in [5.74, 6) is -0.822. The number of benzene rings is 1. The van der Waals surface area contributed by atoms with Crippen LogP contribution >= 0.6 is 0 Å². The fourth-order valence-corrected chi connectivity index (χ4v) is 1.91. The van der Waals surface area contributed by atoms with Crippen LogP contribution in [0.3, 0.4) is 0 Å². The van der Waals surface area contributed by atoms with Gasteiger partial charge in [0.25, 0.3) is 0 Å². The quantitative estimate of drug-likeness (QED) is 0.840. The Balaban J connectivity index is 2.38. The Kier molecular flexibility index (Phi) is 2.74. The van der Waals surface area contributed by atoms with Gasteiger partial charge in [-0.2, -0.15) is 0 Å². The Labute approximate surface area is 94.7 Å². The molecule has 1 aromatic carbocycles. The molecule has 2 rings (SSSR count). The lowest BCUT2D eigenvalue weighted by Gasteiger charge is -2.14. The molecule has 0 radical (unpaired) electrons. The van der Waals surface area contributed by atoms with Gasteiger partial charge in [-0.3, -0.25) is 0 Å². The normalized spacial score (nSPS) is 17.9. The number of hydrogen-bond acceptors (Lipinski definition) is 1. The van der Waals surface area contributed by atoms with Gasteiger partial charge in [0.15, 0.2) is 0 Å². The molecule has 88 valence electrons. The van der Waals surface area contributed by atoms with Crippen LogP contribution in [0, 0.1) is 11.6 Å². The third kappa shape index (κ3) is 2.09. The van der Waals surface area contributed by atoms with Gasteiger partial charge in [0, 0.05) is 11.1 Å². The molecule has 1 aliphatic carbocycles. The van der Waals surface area contributed by atoms with Crippen LogP contribution in [0.15, 0.2) is 12.1 Å². The predicted octanol–water partition coefficient (Wildman–Crippen LogP) is 3.12. The molecule has 1 nitrogen and oxygen atoms in total. The summed E-state index contributed by atoms with van der Waals surface area (Å²) in [4.78, 5) is 0. The average molecular weight is 225 g/mol. The number of rotatable bonds is 3. The summed E-state index contributed by atoms with van der Waals surface area (Å²) < 4.78 is 27.6. The number of halogens is 2. The van der Waals surface area contributed by atoms with E-state index in [1.54, 1.807) is 0 Å². The molecule has 0 bridgehead atoms. The third-order valence-electron chi connectivity index (χ3n) is 3.26. The summed E-state index contributed by atoms with van der Waals surface area (Å²) in [6.45, 7) is 3.80. The van der Waals surface area contributed by atoms with E-state index in [9.17, 15) is 8.78 Å². The highest BCUT2D eigenvalue weighted by Crippen LogP contribution is 2.37. The average Bonchev–Trinajstić information content (AvgIpc) is 2.91. The topological polar surface area (TPSA) is 26.0 Å². The zero-order valence-corrected chi connectivity index (χ0v) is 9.69. The van der Waals surface area contributed by atoms with Gasteiger partial charge in [-0.1, -0.05) is 19.9 Å². The summed E-state index contributed by atoms with van der Waals surface area (Å²) in [5.41, 5.74) is 6.27. The highest BCUT2D eigenvalue weighted by molar-refractivity contribution is 5.32. The molecule has 3 heteroatoms. The minimum atomic E-state index is -0.473. The monoisotopic (exact) mass is 225 g/mol. The van der Waals surface area contributed by atoms with E-state index in [4.69, 9.17) is 5.73 Å². The molecule has 0 heterocycles. The number of nitrogens with two attached hydrogens (primary N) is 1. The maximum absolute atomic E-state index is 14.0. The van der Waals surface area contributed by atoms with Crippen LogP contribution in [0.1, 0.15) is 43.7 Å². The molecule has 0 atom stereocenters. The largest absolute Gasteiger partial charge is 0.325 e. The lowest BCUT2D eigenvalue weighted by Crippen LogP contribution is -2.26. The molecule has 1 aromatic rings. The Morgan fingerprint density at radius 2 is 1.94 bits per heavy atom. The molecule has 1 saturated carbocycles. The van der Waals surface area contributed by atoms with Crippen molar-refractivity contribution in [1.29, 1.82) is 0 Å². The first-order valence-corrected chi connectivity index (χ1v) is 5.68. The molecule has 0 saturated heterocycles. The fraction of sp³-hybridized carbons (Fsp3) is 0.538. The summed E-state index contributed by atoms with van der Waals surface area (Å²) in [7, 11) is 0. The zero-order chi connectivity index (χ0) is 11.9. The second-order valence-electron chi connectivity index (χ2n) is 5.12. The summed E-state index contributed by atoms with van der Waals surface area (Å²) in [6, 6.07) is 2.87. The van der Waals surface area contributed by atoms with Gasteiger partial charge in [0.1, 0.15) is 11.6 Å². The van der Waals surface area contributed by atoms with Gasteiger partial charge in [-0.05, 0) is 36.8 Å². The van der Waals surface area contributed by atoms with E-state index in [2.05, 4.69) is 0 Å². The molecule has 0 aliphatic heterocycles. The summed E-state index contributed by atoms with van der Waals surface area (Å²) in [6.07, 6.45) is 2.03. The van der Waals surface area contributed by atoms with E-state index in [1.165, 1.54) is 12.1 Å². The van der Waals surface area contributed by atoms with Crippen molar-refractivity contribution in [2.75, 3.05) is 0 Å². The SMILES string of the molecule is CC(C)c1ccc(F)c(CC2(N)CC2)c1F. The van der Waals surface area contributed by atoms with Gasteiger partial charge in [-0.25, -0.2) is 8.78 Å². The first-order chi connectivity index (χ1) is 7.43. The minimum Gasteiger partial charge on any atom is -0.325 e. The van der Waals surface area contributed by atoms with Gasteiger partial charge < -0.3 is 5.73 Å². The van der Waals surface area contributed by atoms with Crippen molar-refractivity contribution in [1.82, 2.24) is 0 Å². The summed E-state index contributed by atoms with van der Waals surface area (Å²) in [5, 5.41) is 0. The van der Waals surface area contributed by atoms with E-state index >= 15 is 0 Å². The smallest absolute Gasteiger partial charge is 0.132 e. The zero-order valence-electron chi connectivity index (χ0n) is 9.69. The molecule has 1 aliphatic rings. The predicted molar refractivity (Wildman–Crippen MR) is 60.3 cm³/mol. The summed E-state index contributed by atoms with van der Waals surface area (Å²) >= 11 is 0. The highest BCUT2D eigenvalue weighted by Gasteiger charge is 2.39. The molecule has 2 N–H and O–H groups in total. The van der Waals surface area contributed by atoms with Crippen molar-refractivity contribution in [2.24, 2.45) is 5.73 Å². The third-order valence-corrected chi connectivity index (χ3v) is 3.26. The van der Waals surface area contributed by atoms with Crippen molar-refractivity contribution in [2.45, 2.75) is 44.6 Å². The second-order valence-corrected chi connectivity index (χ2v) is 5.12. The molecule has 16 heavy (non-hydrogen) atoms. The molecular weight excluding hydrogens is 208 g/mol. The van der Waals surface area contributed by atoms with Crippen LogP contribution < -0.4 is 5.73 Å². The van der Waals surface area contributed by atoms with Crippen LogP contribution in [-0.2, 0) is 6.42 Å². The van der Waals surface area contributed by atoms with Gasteiger partial charge >= 0.3 is 0 Å². The Morgan fingerprint density at radius 1 is 1.31 bits per heavy atom. The van der Waals surface area contributed by atoms with E-state index in [0.717, 1.165) is 12.8 Å². The second kappa shape index (κ2) is 3.81. The van der Waals surface area contributed by atoms with Crippen molar-refractivity contribution in [3.63, 3.8) is 0 Å². The molecule has 1 fully saturated rings. The van der Waals surface area contributed by atoms with Crippen LogP contribution in [-0.4, -0.2) is 5.54 Å². The van der Waals surface area contributed by atoms with E-state index < -0.39 is 11.6 Å².